The minimum Gasteiger partial charge on any atom is -0.298 e. The summed E-state index contributed by atoms with van der Waals surface area (Å²) in [7, 11) is 0. The lowest BCUT2D eigenvalue weighted by molar-refractivity contribution is 0.102. The van der Waals surface area contributed by atoms with E-state index in [1.54, 1.807) is 23.8 Å². The molecule has 0 fully saturated rings. The van der Waals surface area contributed by atoms with Gasteiger partial charge in [0.2, 0.25) is 0 Å². The van der Waals surface area contributed by atoms with Gasteiger partial charge in [0.05, 0.1) is 5.56 Å². The summed E-state index contributed by atoms with van der Waals surface area (Å²) in [6.45, 7) is 0. The highest BCUT2D eigenvalue weighted by Crippen LogP contribution is 2.14. The maximum Gasteiger partial charge on any atom is 0.259 e. The third kappa shape index (κ3) is 2.60. The fraction of sp³-hybridized carbons (Fsp3) is 0. The standard InChI is InChI=1S/C9H6BrN3OS/c10-7-3-6(4-11-5-7)8(14)13-9-12-1-2-15-9/h1-5H,(H,12,13,14). The third-order valence-corrected chi connectivity index (χ3v) is 2.74. The summed E-state index contributed by atoms with van der Waals surface area (Å²) < 4.78 is 0.772. The molecular weight excluding hydrogens is 278 g/mol. The van der Waals surface area contributed by atoms with Crippen molar-refractivity contribution in [2.45, 2.75) is 0 Å². The molecule has 6 heteroatoms. The van der Waals surface area contributed by atoms with Crippen LogP contribution in [0.25, 0.3) is 0 Å². The van der Waals surface area contributed by atoms with Crippen LogP contribution in [0.2, 0.25) is 0 Å². The average molecular weight is 284 g/mol. The van der Waals surface area contributed by atoms with Crippen molar-refractivity contribution in [1.82, 2.24) is 9.97 Å². The first kappa shape index (κ1) is 10.3. The van der Waals surface area contributed by atoms with E-state index in [0.717, 1.165) is 4.47 Å². The van der Waals surface area contributed by atoms with Crippen molar-refractivity contribution >= 4 is 38.3 Å². The van der Waals surface area contributed by atoms with Crippen LogP contribution in [0.5, 0.6) is 0 Å². The Labute approximate surface area is 98.5 Å². The Morgan fingerprint density at radius 1 is 1.47 bits per heavy atom. The SMILES string of the molecule is O=C(Nc1nccs1)c1cncc(Br)c1. The van der Waals surface area contributed by atoms with Gasteiger partial charge in [-0.15, -0.1) is 11.3 Å². The summed E-state index contributed by atoms with van der Waals surface area (Å²) in [4.78, 5) is 19.5. The van der Waals surface area contributed by atoms with Crippen LogP contribution in [0.3, 0.4) is 0 Å². The Kier molecular flexibility index (Phi) is 3.08. The van der Waals surface area contributed by atoms with Gasteiger partial charge in [0.15, 0.2) is 5.13 Å². The second-order valence-corrected chi connectivity index (χ2v) is 4.49. The number of carbonyl (C=O) groups is 1. The monoisotopic (exact) mass is 283 g/mol. The molecule has 0 saturated heterocycles. The van der Waals surface area contributed by atoms with Gasteiger partial charge in [-0.2, -0.15) is 0 Å². The van der Waals surface area contributed by atoms with Crippen LogP contribution in [0, 0.1) is 0 Å². The van der Waals surface area contributed by atoms with E-state index in [0.29, 0.717) is 10.7 Å². The molecule has 15 heavy (non-hydrogen) atoms. The molecule has 0 radical (unpaired) electrons. The summed E-state index contributed by atoms with van der Waals surface area (Å²) in [5.41, 5.74) is 0.500. The molecule has 0 aliphatic heterocycles. The molecule has 0 aromatic carbocycles. The molecule has 0 atom stereocenters. The quantitative estimate of drug-likeness (QED) is 0.922. The second kappa shape index (κ2) is 4.50. The molecule has 2 heterocycles. The van der Waals surface area contributed by atoms with Crippen LogP contribution < -0.4 is 5.32 Å². The van der Waals surface area contributed by atoms with Crippen LogP contribution in [-0.2, 0) is 0 Å². The number of nitrogens with zero attached hydrogens (tertiary/aromatic N) is 2. The van der Waals surface area contributed by atoms with Gasteiger partial charge in [0.1, 0.15) is 0 Å². The van der Waals surface area contributed by atoms with Crippen molar-refractivity contribution in [3.63, 3.8) is 0 Å². The summed E-state index contributed by atoms with van der Waals surface area (Å²) in [6, 6.07) is 1.70. The number of anilines is 1. The molecule has 0 saturated carbocycles. The molecule has 76 valence electrons. The zero-order chi connectivity index (χ0) is 10.7. The van der Waals surface area contributed by atoms with E-state index in [2.05, 4.69) is 31.2 Å². The van der Waals surface area contributed by atoms with E-state index in [1.807, 2.05) is 0 Å². The minimum absolute atomic E-state index is 0.209. The number of thiazole rings is 1. The predicted octanol–water partition coefficient (Wildman–Crippen LogP) is 2.55. The molecule has 0 spiro atoms. The second-order valence-electron chi connectivity index (χ2n) is 2.68. The number of pyridine rings is 1. The van der Waals surface area contributed by atoms with Crippen LogP contribution >= 0.6 is 27.3 Å². The van der Waals surface area contributed by atoms with Gasteiger partial charge in [-0.25, -0.2) is 4.98 Å². The van der Waals surface area contributed by atoms with Gasteiger partial charge < -0.3 is 0 Å². The summed E-state index contributed by atoms with van der Waals surface area (Å²) in [6.07, 6.45) is 4.77. The fourth-order valence-corrected chi connectivity index (χ4v) is 1.88. The van der Waals surface area contributed by atoms with Crippen LogP contribution in [0.4, 0.5) is 5.13 Å². The summed E-state index contributed by atoms with van der Waals surface area (Å²) >= 11 is 4.63. The Hall–Kier alpha value is -1.27. The number of halogens is 1. The number of aromatic nitrogens is 2. The van der Waals surface area contributed by atoms with Crippen molar-refractivity contribution in [3.05, 3.63) is 40.1 Å². The van der Waals surface area contributed by atoms with Crippen molar-refractivity contribution < 1.29 is 4.79 Å². The molecule has 0 bridgehead atoms. The number of amides is 1. The maximum atomic E-state index is 11.7. The van der Waals surface area contributed by atoms with E-state index in [-0.39, 0.29) is 5.91 Å². The van der Waals surface area contributed by atoms with Crippen molar-refractivity contribution in [3.8, 4) is 0 Å². The van der Waals surface area contributed by atoms with Crippen LogP contribution in [0.15, 0.2) is 34.5 Å². The molecule has 2 rings (SSSR count). The number of hydrogen-bond donors (Lipinski definition) is 1. The number of rotatable bonds is 2. The molecule has 0 aliphatic carbocycles. The normalized spacial score (nSPS) is 9.93. The largest absolute Gasteiger partial charge is 0.298 e. The fourth-order valence-electron chi connectivity index (χ4n) is 0.990. The van der Waals surface area contributed by atoms with Gasteiger partial charge in [0, 0.05) is 28.4 Å². The predicted molar refractivity (Wildman–Crippen MR) is 62.0 cm³/mol. The zero-order valence-electron chi connectivity index (χ0n) is 7.48. The highest BCUT2D eigenvalue weighted by molar-refractivity contribution is 9.10. The Morgan fingerprint density at radius 2 is 2.33 bits per heavy atom. The highest BCUT2D eigenvalue weighted by atomic mass is 79.9. The van der Waals surface area contributed by atoms with Gasteiger partial charge in [-0.3, -0.25) is 15.1 Å². The molecule has 1 amide bonds. The van der Waals surface area contributed by atoms with Gasteiger partial charge in [-0.1, -0.05) is 0 Å². The lowest BCUT2D eigenvalue weighted by Crippen LogP contribution is -2.11. The average Bonchev–Trinajstić information content (AvgIpc) is 2.70. The number of carbonyl (C=O) groups excluding carboxylic acids is 1. The first-order valence-corrected chi connectivity index (χ1v) is 5.74. The van der Waals surface area contributed by atoms with E-state index in [9.17, 15) is 4.79 Å². The van der Waals surface area contributed by atoms with E-state index < -0.39 is 0 Å². The van der Waals surface area contributed by atoms with Crippen molar-refractivity contribution in [2.75, 3.05) is 5.32 Å². The smallest absolute Gasteiger partial charge is 0.259 e. The van der Waals surface area contributed by atoms with Gasteiger partial charge >= 0.3 is 0 Å². The Morgan fingerprint density at radius 3 is 3.00 bits per heavy atom. The third-order valence-electron chi connectivity index (χ3n) is 1.62. The Bertz CT molecular complexity index is 472. The zero-order valence-corrected chi connectivity index (χ0v) is 9.88. The topological polar surface area (TPSA) is 54.9 Å². The molecular formula is C9H6BrN3OS. The summed E-state index contributed by atoms with van der Waals surface area (Å²) in [5, 5.41) is 5.06. The highest BCUT2D eigenvalue weighted by Gasteiger charge is 2.07. The van der Waals surface area contributed by atoms with Crippen molar-refractivity contribution in [1.29, 1.82) is 0 Å². The molecule has 2 aromatic heterocycles. The van der Waals surface area contributed by atoms with E-state index in [4.69, 9.17) is 0 Å². The Balaban J connectivity index is 2.15. The lowest BCUT2D eigenvalue weighted by atomic mass is 10.3. The molecule has 1 N–H and O–H groups in total. The number of nitrogens with one attached hydrogen (secondary N) is 1. The molecule has 0 aliphatic rings. The van der Waals surface area contributed by atoms with Crippen LogP contribution in [-0.4, -0.2) is 15.9 Å². The van der Waals surface area contributed by atoms with E-state index in [1.165, 1.54) is 17.5 Å². The van der Waals surface area contributed by atoms with E-state index >= 15 is 0 Å². The first-order valence-electron chi connectivity index (χ1n) is 4.07. The lowest BCUT2D eigenvalue weighted by Gasteiger charge is -2.00. The maximum absolute atomic E-state index is 11.7. The van der Waals surface area contributed by atoms with Crippen molar-refractivity contribution in [2.24, 2.45) is 0 Å². The first-order chi connectivity index (χ1) is 7.25. The molecule has 2 aromatic rings. The minimum atomic E-state index is -0.209. The molecule has 0 unspecified atom stereocenters. The molecule has 4 nitrogen and oxygen atoms in total. The van der Waals surface area contributed by atoms with Gasteiger partial charge in [-0.05, 0) is 22.0 Å². The van der Waals surface area contributed by atoms with Gasteiger partial charge in [0.25, 0.3) is 5.91 Å². The van der Waals surface area contributed by atoms with Crippen LogP contribution in [0.1, 0.15) is 10.4 Å². The number of hydrogen-bond acceptors (Lipinski definition) is 4. The summed E-state index contributed by atoms with van der Waals surface area (Å²) in [5.74, 6) is -0.209.